The molecule has 96 valence electrons. The van der Waals surface area contributed by atoms with Crippen molar-refractivity contribution in [1.82, 2.24) is 4.98 Å². The molecule has 2 heterocycles. The van der Waals surface area contributed by atoms with Crippen molar-refractivity contribution in [2.24, 2.45) is 0 Å². The minimum atomic E-state index is 0.0155. The van der Waals surface area contributed by atoms with Gasteiger partial charge in [-0.2, -0.15) is 0 Å². The summed E-state index contributed by atoms with van der Waals surface area (Å²) in [7, 11) is 0. The Morgan fingerprint density at radius 2 is 2.05 bits per heavy atom. The molecule has 0 N–H and O–H groups in total. The highest BCUT2D eigenvalue weighted by Crippen LogP contribution is 2.31. The van der Waals surface area contributed by atoms with Gasteiger partial charge in [-0.05, 0) is 18.9 Å². The molecule has 19 heavy (non-hydrogen) atoms. The number of fused-ring (bicyclic) bond motifs is 3. The van der Waals surface area contributed by atoms with Crippen molar-refractivity contribution >= 4 is 27.7 Å². The number of hydrogen-bond donors (Lipinski definition) is 0. The normalized spacial score (nSPS) is 11.6. The zero-order chi connectivity index (χ0) is 13.6. The minimum absolute atomic E-state index is 0.0155. The molecular formula is C16H15NO2. The second kappa shape index (κ2) is 4.19. The summed E-state index contributed by atoms with van der Waals surface area (Å²) in [5, 5.41) is 1.91. The van der Waals surface area contributed by atoms with Crippen LogP contribution in [0.15, 0.2) is 34.9 Å². The number of carbonyl (C=O) groups is 1. The van der Waals surface area contributed by atoms with Gasteiger partial charge in [-0.25, -0.2) is 0 Å². The maximum atomic E-state index is 11.6. The highest BCUT2D eigenvalue weighted by Gasteiger charge is 2.14. The van der Waals surface area contributed by atoms with E-state index in [2.05, 4.69) is 18.8 Å². The SMILES string of the molecule is CC(=O)c1cccc2c1oc1cc(C(C)C)ncc12. The maximum absolute atomic E-state index is 11.6. The molecule has 0 aliphatic heterocycles. The molecule has 0 bridgehead atoms. The minimum Gasteiger partial charge on any atom is -0.455 e. The monoisotopic (exact) mass is 253 g/mol. The van der Waals surface area contributed by atoms with Crippen LogP contribution in [-0.2, 0) is 0 Å². The smallest absolute Gasteiger partial charge is 0.163 e. The van der Waals surface area contributed by atoms with Crippen molar-refractivity contribution in [3.05, 3.63) is 41.7 Å². The molecule has 0 radical (unpaired) electrons. The number of pyridine rings is 1. The first kappa shape index (κ1) is 11.9. The van der Waals surface area contributed by atoms with Crippen LogP contribution in [0.3, 0.4) is 0 Å². The molecule has 0 amide bonds. The number of rotatable bonds is 2. The van der Waals surface area contributed by atoms with Gasteiger partial charge in [0.2, 0.25) is 0 Å². The fourth-order valence-electron chi connectivity index (χ4n) is 2.30. The Hall–Kier alpha value is -2.16. The van der Waals surface area contributed by atoms with E-state index in [-0.39, 0.29) is 5.78 Å². The van der Waals surface area contributed by atoms with Crippen LogP contribution in [0.2, 0.25) is 0 Å². The zero-order valence-corrected chi connectivity index (χ0v) is 11.2. The zero-order valence-electron chi connectivity index (χ0n) is 11.2. The van der Waals surface area contributed by atoms with E-state index in [1.165, 1.54) is 0 Å². The summed E-state index contributed by atoms with van der Waals surface area (Å²) in [5.74, 6) is 0.367. The van der Waals surface area contributed by atoms with Gasteiger partial charge in [-0.3, -0.25) is 9.78 Å². The number of aromatic nitrogens is 1. The van der Waals surface area contributed by atoms with Crippen molar-refractivity contribution in [2.75, 3.05) is 0 Å². The summed E-state index contributed by atoms with van der Waals surface area (Å²) >= 11 is 0. The summed E-state index contributed by atoms with van der Waals surface area (Å²) in [4.78, 5) is 16.1. The second-order valence-electron chi connectivity index (χ2n) is 5.10. The third-order valence-corrected chi connectivity index (χ3v) is 3.38. The fraction of sp³-hybridized carbons (Fsp3) is 0.250. The van der Waals surface area contributed by atoms with Gasteiger partial charge in [0.25, 0.3) is 0 Å². The van der Waals surface area contributed by atoms with Gasteiger partial charge < -0.3 is 4.42 Å². The Bertz CT molecular complexity index is 784. The molecule has 3 rings (SSSR count). The van der Waals surface area contributed by atoms with E-state index in [1.54, 1.807) is 13.0 Å². The lowest BCUT2D eigenvalue weighted by molar-refractivity contribution is 0.101. The molecule has 2 aromatic heterocycles. The Labute approximate surface area is 111 Å². The molecule has 0 unspecified atom stereocenters. The van der Waals surface area contributed by atoms with Crippen LogP contribution >= 0.6 is 0 Å². The number of hydrogen-bond acceptors (Lipinski definition) is 3. The van der Waals surface area contributed by atoms with Gasteiger partial charge in [0, 0.05) is 28.7 Å². The third kappa shape index (κ3) is 1.82. The van der Waals surface area contributed by atoms with Crippen LogP contribution in [0.1, 0.15) is 42.7 Å². The number of carbonyl (C=O) groups excluding carboxylic acids is 1. The first-order chi connectivity index (χ1) is 9.08. The molecule has 3 nitrogen and oxygen atoms in total. The lowest BCUT2D eigenvalue weighted by Crippen LogP contribution is -1.91. The molecule has 0 saturated carbocycles. The number of para-hydroxylation sites is 1. The number of benzene rings is 1. The van der Waals surface area contributed by atoms with E-state index in [1.807, 2.05) is 24.4 Å². The highest BCUT2D eigenvalue weighted by atomic mass is 16.3. The maximum Gasteiger partial charge on any atom is 0.163 e. The lowest BCUT2D eigenvalue weighted by atomic mass is 10.1. The Kier molecular flexibility index (Phi) is 2.63. The summed E-state index contributed by atoms with van der Waals surface area (Å²) in [6.07, 6.45) is 1.83. The lowest BCUT2D eigenvalue weighted by Gasteiger charge is -2.02. The predicted octanol–water partition coefficient (Wildman–Crippen LogP) is 4.31. The molecule has 1 aromatic carbocycles. The molecule has 0 atom stereocenters. The first-order valence-corrected chi connectivity index (χ1v) is 6.40. The molecule has 3 aromatic rings. The number of Topliss-reactive ketones (excluding diaryl/α,β-unsaturated/α-hetero) is 1. The molecule has 0 fully saturated rings. The molecule has 0 saturated heterocycles. The van der Waals surface area contributed by atoms with Crippen molar-refractivity contribution in [3.8, 4) is 0 Å². The first-order valence-electron chi connectivity index (χ1n) is 6.40. The highest BCUT2D eigenvalue weighted by molar-refractivity contribution is 6.12. The van der Waals surface area contributed by atoms with E-state index < -0.39 is 0 Å². The average Bonchev–Trinajstić information content (AvgIpc) is 2.75. The van der Waals surface area contributed by atoms with E-state index in [0.29, 0.717) is 17.1 Å². The van der Waals surface area contributed by atoms with Crippen LogP contribution < -0.4 is 0 Å². The van der Waals surface area contributed by atoms with Crippen molar-refractivity contribution < 1.29 is 9.21 Å². The molecule has 0 aliphatic carbocycles. The number of furan rings is 1. The standard InChI is InChI=1S/C16H15NO2/c1-9(2)14-7-15-13(8-17-14)12-6-4-5-11(10(3)18)16(12)19-15/h4-9H,1-3H3. The average molecular weight is 253 g/mol. The quantitative estimate of drug-likeness (QED) is 0.639. The van der Waals surface area contributed by atoms with Crippen LogP contribution in [0.4, 0.5) is 0 Å². The van der Waals surface area contributed by atoms with Crippen molar-refractivity contribution in [2.45, 2.75) is 26.7 Å². The van der Waals surface area contributed by atoms with Gasteiger partial charge in [0.15, 0.2) is 5.78 Å². The number of nitrogens with zero attached hydrogens (tertiary/aromatic N) is 1. The summed E-state index contributed by atoms with van der Waals surface area (Å²) in [5.41, 5.74) is 3.07. The van der Waals surface area contributed by atoms with Gasteiger partial charge in [0.1, 0.15) is 11.2 Å². The van der Waals surface area contributed by atoms with Crippen LogP contribution in [-0.4, -0.2) is 10.8 Å². The van der Waals surface area contributed by atoms with E-state index in [0.717, 1.165) is 22.0 Å². The van der Waals surface area contributed by atoms with Gasteiger partial charge in [-0.15, -0.1) is 0 Å². The van der Waals surface area contributed by atoms with E-state index in [4.69, 9.17) is 4.42 Å². The predicted molar refractivity (Wildman–Crippen MR) is 75.6 cm³/mol. The summed E-state index contributed by atoms with van der Waals surface area (Å²) in [6, 6.07) is 7.60. The number of ketones is 1. The molecule has 0 aliphatic rings. The molecular weight excluding hydrogens is 238 g/mol. The Balaban J connectivity index is 2.38. The molecule has 3 heteroatoms. The third-order valence-electron chi connectivity index (χ3n) is 3.38. The summed E-state index contributed by atoms with van der Waals surface area (Å²) in [6.45, 7) is 5.75. The molecule has 0 spiro atoms. The largest absolute Gasteiger partial charge is 0.455 e. The van der Waals surface area contributed by atoms with Crippen LogP contribution in [0.5, 0.6) is 0 Å². The van der Waals surface area contributed by atoms with Crippen molar-refractivity contribution in [3.63, 3.8) is 0 Å². The van der Waals surface area contributed by atoms with Gasteiger partial charge in [0.05, 0.1) is 5.56 Å². The van der Waals surface area contributed by atoms with Gasteiger partial charge in [-0.1, -0.05) is 26.0 Å². The topological polar surface area (TPSA) is 43.1 Å². The second-order valence-corrected chi connectivity index (χ2v) is 5.10. The Morgan fingerprint density at radius 1 is 1.26 bits per heavy atom. The van der Waals surface area contributed by atoms with Crippen molar-refractivity contribution in [1.29, 1.82) is 0 Å². The summed E-state index contributed by atoms with van der Waals surface area (Å²) < 4.78 is 5.87. The van der Waals surface area contributed by atoms with Crippen LogP contribution in [0.25, 0.3) is 21.9 Å². The van der Waals surface area contributed by atoms with Crippen LogP contribution in [0, 0.1) is 0 Å². The Morgan fingerprint density at radius 3 is 2.74 bits per heavy atom. The van der Waals surface area contributed by atoms with Gasteiger partial charge >= 0.3 is 0 Å². The fourth-order valence-corrected chi connectivity index (χ4v) is 2.30. The van der Waals surface area contributed by atoms with E-state index >= 15 is 0 Å². The van der Waals surface area contributed by atoms with E-state index in [9.17, 15) is 4.79 Å².